The average Bonchev–Trinajstić information content (AvgIpc) is 2.77. The van der Waals surface area contributed by atoms with Gasteiger partial charge in [-0.05, 0) is 50.8 Å². The summed E-state index contributed by atoms with van der Waals surface area (Å²) in [5.41, 5.74) is 3.16. The first-order valence-electron chi connectivity index (χ1n) is 6.23. The molecule has 0 bridgehead atoms. The Balaban J connectivity index is 2.31. The molecular formula is C14H21NO2. The van der Waals surface area contributed by atoms with Crippen LogP contribution in [0.3, 0.4) is 0 Å². The molecule has 0 radical (unpaired) electrons. The zero-order valence-corrected chi connectivity index (χ0v) is 10.8. The second-order valence-corrected chi connectivity index (χ2v) is 4.87. The van der Waals surface area contributed by atoms with Crippen LogP contribution in [0.15, 0.2) is 6.07 Å². The van der Waals surface area contributed by atoms with E-state index >= 15 is 0 Å². The fraction of sp³-hybridized carbons (Fsp3) is 0.571. The quantitative estimate of drug-likeness (QED) is 0.844. The van der Waals surface area contributed by atoms with Crippen LogP contribution in [0.1, 0.15) is 29.5 Å². The highest BCUT2D eigenvalue weighted by molar-refractivity contribution is 5.54. The van der Waals surface area contributed by atoms with E-state index in [2.05, 4.69) is 18.3 Å². The molecule has 3 heteroatoms. The summed E-state index contributed by atoms with van der Waals surface area (Å²) in [5.74, 6) is 0.933. The molecular weight excluding hydrogens is 214 g/mol. The molecule has 0 aromatic heterocycles. The van der Waals surface area contributed by atoms with Crippen molar-refractivity contribution in [2.75, 3.05) is 13.7 Å². The fourth-order valence-electron chi connectivity index (χ4n) is 2.68. The molecule has 1 aromatic carbocycles. The van der Waals surface area contributed by atoms with Gasteiger partial charge in [-0.15, -0.1) is 0 Å². The molecule has 0 saturated carbocycles. The predicted molar refractivity (Wildman–Crippen MR) is 68.9 cm³/mol. The maximum Gasteiger partial charge on any atom is 0.163 e. The largest absolute Gasteiger partial charge is 0.504 e. The SMILES string of the molecule is COc1c(C)cc(C)c(CC2CCCN2)c1O. The first-order valence-corrected chi connectivity index (χ1v) is 6.23. The molecule has 0 aliphatic carbocycles. The summed E-state index contributed by atoms with van der Waals surface area (Å²) in [7, 11) is 1.61. The topological polar surface area (TPSA) is 41.5 Å². The Morgan fingerprint density at radius 1 is 1.41 bits per heavy atom. The summed E-state index contributed by atoms with van der Waals surface area (Å²) in [6.45, 7) is 5.10. The highest BCUT2D eigenvalue weighted by Crippen LogP contribution is 2.36. The van der Waals surface area contributed by atoms with E-state index in [-0.39, 0.29) is 0 Å². The van der Waals surface area contributed by atoms with Gasteiger partial charge in [0.25, 0.3) is 0 Å². The van der Waals surface area contributed by atoms with Gasteiger partial charge in [-0.2, -0.15) is 0 Å². The van der Waals surface area contributed by atoms with Crippen LogP contribution in [0.5, 0.6) is 11.5 Å². The Bertz CT molecular complexity index is 409. The number of phenolic OH excluding ortho intramolecular Hbond substituents is 1. The molecule has 3 nitrogen and oxygen atoms in total. The number of hydrogen-bond acceptors (Lipinski definition) is 3. The van der Waals surface area contributed by atoms with E-state index in [0.29, 0.717) is 17.5 Å². The number of methoxy groups -OCH3 is 1. The number of phenols is 1. The van der Waals surface area contributed by atoms with Crippen LogP contribution in [0.4, 0.5) is 0 Å². The minimum atomic E-state index is 0.318. The molecule has 1 heterocycles. The van der Waals surface area contributed by atoms with Gasteiger partial charge in [0.1, 0.15) is 0 Å². The fourth-order valence-corrected chi connectivity index (χ4v) is 2.68. The maximum absolute atomic E-state index is 10.3. The summed E-state index contributed by atoms with van der Waals surface area (Å²) < 4.78 is 5.27. The zero-order valence-electron chi connectivity index (χ0n) is 10.8. The molecule has 1 atom stereocenters. The van der Waals surface area contributed by atoms with E-state index in [0.717, 1.165) is 29.7 Å². The van der Waals surface area contributed by atoms with Crippen LogP contribution in [-0.4, -0.2) is 24.8 Å². The summed E-state index contributed by atoms with van der Waals surface area (Å²) in [5, 5.41) is 13.7. The lowest BCUT2D eigenvalue weighted by molar-refractivity contribution is 0.366. The van der Waals surface area contributed by atoms with Crippen molar-refractivity contribution in [3.8, 4) is 11.5 Å². The van der Waals surface area contributed by atoms with Crippen LogP contribution in [-0.2, 0) is 6.42 Å². The van der Waals surface area contributed by atoms with Crippen molar-refractivity contribution in [3.63, 3.8) is 0 Å². The summed E-state index contributed by atoms with van der Waals surface area (Å²) in [4.78, 5) is 0. The smallest absolute Gasteiger partial charge is 0.163 e. The van der Waals surface area contributed by atoms with E-state index in [1.165, 1.54) is 12.8 Å². The molecule has 0 amide bonds. The highest BCUT2D eigenvalue weighted by atomic mass is 16.5. The molecule has 2 rings (SSSR count). The molecule has 2 N–H and O–H groups in total. The van der Waals surface area contributed by atoms with Crippen molar-refractivity contribution in [2.45, 2.75) is 39.2 Å². The van der Waals surface area contributed by atoms with Crippen molar-refractivity contribution in [3.05, 3.63) is 22.8 Å². The number of ether oxygens (including phenoxy) is 1. The van der Waals surface area contributed by atoms with Gasteiger partial charge in [-0.3, -0.25) is 0 Å². The number of benzene rings is 1. The van der Waals surface area contributed by atoms with Gasteiger partial charge >= 0.3 is 0 Å². The van der Waals surface area contributed by atoms with E-state index < -0.39 is 0 Å². The Morgan fingerprint density at radius 2 is 2.18 bits per heavy atom. The minimum absolute atomic E-state index is 0.318. The van der Waals surface area contributed by atoms with Crippen molar-refractivity contribution < 1.29 is 9.84 Å². The summed E-state index contributed by atoms with van der Waals surface area (Å²) in [6.07, 6.45) is 3.30. The van der Waals surface area contributed by atoms with Crippen molar-refractivity contribution >= 4 is 0 Å². The second-order valence-electron chi connectivity index (χ2n) is 4.87. The monoisotopic (exact) mass is 235 g/mol. The summed E-state index contributed by atoms with van der Waals surface area (Å²) >= 11 is 0. The molecule has 94 valence electrons. The van der Waals surface area contributed by atoms with Crippen LogP contribution in [0, 0.1) is 13.8 Å². The van der Waals surface area contributed by atoms with Crippen LogP contribution in [0.25, 0.3) is 0 Å². The molecule has 0 spiro atoms. The average molecular weight is 235 g/mol. The molecule has 1 aromatic rings. The first-order chi connectivity index (χ1) is 8.13. The van der Waals surface area contributed by atoms with Gasteiger partial charge in [0.15, 0.2) is 11.5 Å². The van der Waals surface area contributed by atoms with Crippen molar-refractivity contribution in [1.82, 2.24) is 5.32 Å². The maximum atomic E-state index is 10.3. The number of hydrogen-bond donors (Lipinski definition) is 2. The van der Waals surface area contributed by atoms with E-state index in [1.807, 2.05) is 6.92 Å². The number of rotatable bonds is 3. The van der Waals surface area contributed by atoms with Gasteiger partial charge < -0.3 is 15.2 Å². The van der Waals surface area contributed by atoms with Gasteiger partial charge in [0.05, 0.1) is 7.11 Å². The van der Waals surface area contributed by atoms with Crippen LogP contribution >= 0.6 is 0 Å². The Labute approximate surface area is 103 Å². The molecule has 1 aliphatic rings. The van der Waals surface area contributed by atoms with Gasteiger partial charge in [-0.25, -0.2) is 0 Å². The predicted octanol–water partition coefficient (Wildman–Crippen LogP) is 2.31. The molecule has 1 aliphatic heterocycles. The van der Waals surface area contributed by atoms with Gasteiger partial charge in [-0.1, -0.05) is 6.07 Å². The standard InChI is InChI=1S/C14H21NO2/c1-9-7-10(2)14(17-3)13(16)12(9)8-11-5-4-6-15-11/h7,11,15-16H,4-6,8H2,1-3H3. The van der Waals surface area contributed by atoms with E-state index in [1.54, 1.807) is 7.11 Å². The Kier molecular flexibility index (Phi) is 3.57. The van der Waals surface area contributed by atoms with Crippen molar-refractivity contribution in [2.24, 2.45) is 0 Å². The summed E-state index contributed by atoms with van der Waals surface area (Å²) in [6, 6.07) is 2.58. The molecule has 1 saturated heterocycles. The number of nitrogens with one attached hydrogen (secondary N) is 1. The third kappa shape index (κ3) is 2.39. The van der Waals surface area contributed by atoms with Gasteiger partial charge in [0.2, 0.25) is 0 Å². The Morgan fingerprint density at radius 3 is 2.76 bits per heavy atom. The normalized spacial score (nSPS) is 19.6. The third-order valence-electron chi connectivity index (χ3n) is 3.59. The number of aromatic hydroxyl groups is 1. The zero-order chi connectivity index (χ0) is 12.4. The first kappa shape index (κ1) is 12.2. The molecule has 17 heavy (non-hydrogen) atoms. The van der Waals surface area contributed by atoms with Gasteiger partial charge in [0, 0.05) is 11.6 Å². The van der Waals surface area contributed by atoms with E-state index in [9.17, 15) is 5.11 Å². The number of aryl methyl sites for hydroxylation is 2. The minimum Gasteiger partial charge on any atom is -0.504 e. The lowest BCUT2D eigenvalue weighted by Gasteiger charge is -2.17. The molecule has 1 fully saturated rings. The van der Waals surface area contributed by atoms with Crippen molar-refractivity contribution in [1.29, 1.82) is 0 Å². The molecule has 1 unspecified atom stereocenters. The van der Waals surface area contributed by atoms with E-state index in [4.69, 9.17) is 4.74 Å². The van der Waals surface area contributed by atoms with Crippen LogP contribution in [0.2, 0.25) is 0 Å². The third-order valence-corrected chi connectivity index (χ3v) is 3.59. The Hall–Kier alpha value is -1.22. The second kappa shape index (κ2) is 4.96. The van der Waals surface area contributed by atoms with Crippen LogP contribution < -0.4 is 10.1 Å². The lowest BCUT2D eigenvalue weighted by Crippen LogP contribution is -2.24. The highest BCUT2D eigenvalue weighted by Gasteiger charge is 2.20. The lowest BCUT2D eigenvalue weighted by atomic mass is 9.96.